The van der Waals surface area contributed by atoms with Crippen molar-refractivity contribution in [2.75, 3.05) is 26.7 Å². The lowest BCUT2D eigenvalue weighted by molar-refractivity contribution is 0.123. The number of nitrogens with zero attached hydrogens (tertiary/aromatic N) is 3. The van der Waals surface area contributed by atoms with Crippen LogP contribution in [0.4, 0.5) is 0 Å². The molecule has 3 aliphatic rings. The van der Waals surface area contributed by atoms with Gasteiger partial charge < -0.3 is 4.90 Å². The lowest BCUT2D eigenvalue weighted by Crippen LogP contribution is -2.43. The van der Waals surface area contributed by atoms with Crippen LogP contribution in [-0.4, -0.2) is 47.5 Å². The van der Waals surface area contributed by atoms with Gasteiger partial charge in [-0.15, -0.1) is 0 Å². The number of likely N-dealkylation sites (N-methyl/N-ethyl adjacent to an activating group) is 1. The molecule has 4 heterocycles. The molecule has 2 atom stereocenters. The van der Waals surface area contributed by atoms with E-state index in [1.54, 1.807) is 0 Å². The minimum Gasteiger partial charge on any atom is -0.304 e. The molecule has 0 unspecified atom stereocenters. The summed E-state index contributed by atoms with van der Waals surface area (Å²) in [7, 11) is 2.27. The van der Waals surface area contributed by atoms with E-state index >= 15 is 0 Å². The second kappa shape index (κ2) is 5.59. The maximum atomic E-state index is 4.62. The van der Waals surface area contributed by atoms with Gasteiger partial charge >= 0.3 is 0 Å². The summed E-state index contributed by atoms with van der Waals surface area (Å²) >= 11 is 0. The number of fused-ring (bicyclic) bond motifs is 4. The van der Waals surface area contributed by atoms with Crippen molar-refractivity contribution in [2.24, 2.45) is 5.92 Å². The van der Waals surface area contributed by atoms with Gasteiger partial charge in [0.05, 0.1) is 5.69 Å². The van der Waals surface area contributed by atoms with Gasteiger partial charge in [-0.2, -0.15) is 0 Å². The van der Waals surface area contributed by atoms with Gasteiger partial charge in [0.25, 0.3) is 0 Å². The summed E-state index contributed by atoms with van der Waals surface area (Å²) in [5.41, 5.74) is 2.56. The Morgan fingerprint density at radius 3 is 2.84 bits per heavy atom. The summed E-state index contributed by atoms with van der Waals surface area (Å²) in [5, 5.41) is 0. The van der Waals surface area contributed by atoms with Crippen molar-refractivity contribution >= 4 is 0 Å². The van der Waals surface area contributed by atoms with E-state index < -0.39 is 0 Å². The second-order valence-electron chi connectivity index (χ2n) is 6.26. The molecule has 0 N–H and O–H groups in total. The minimum atomic E-state index is 0.733. The van der Waals surface area contributed by atoms with Crippen LogP contribution in [0.5, 0.6) is 0 Å². The van der Waals surface area contributed by atoms with Gasteiger partial charge in [-0.1, -0.05) is 13.0 Å². The summed E-state index contributed by atoms with van der Waals surface area (Å²) in [6.07, 6.45) is 5.89. The highest BCUT2D eigenvalue weighted by molar-refractivity contribution is 5.14. The number of aryl methyl sites for hydroxylation is 1. The SMILES string of the molecule is CCc1ccc(CN2C[C@@H]3CC[C@H]2CN(C)C3)nc1. The first-order valence-electron chi connectivity index (χ1n) is 7.61. The zero-order chi connectivity index (χ0) is 13.2. The molecule has 4 rings (SSSR count). The molecule has 0 saturated carbocycles. The summed E-state index contributed by atoms with van der Waals surface area (Å²) in [4.78, 5) is 9.79. The Hall–Kier alpha value is -0.930. The lowest BCUT2D eigenvalue weighted by Gasteiger charge is -2.35. The highest BCUT2D eigenvalue weighted by Gasteiger charge is 2.33. The van der Waals surface area contributed by atoms with Crippen molar-refractivity contribution in [3.8, 4) is 0 Å². The third-order valence-corrected chi connectivity index (χ3v) is 4.67. The van der Waals surface area contributed by atoms with Crippen LogP contribution in [-0.2, 0) is 13.0 Å². The van der Waals surface area contributed by atoms with E-state index in [1.807, 2.05) is 6.20 Å². The zero-order valence-electron chi connectivity index (χ0n) is 12.2. The molecule has 3 nitrogen and oxygen atoms in total. The third-order valence-electron chi connectivity index (χ3n) is 4.67. The average molecular weight is 259 g/mol. The molecular formula is C16H25N3. The smallest absolute Gasteiger partial charge is 0.0544 e. The molecule has 3 aliphatic heterocycles. The molecule has 3 heteroatoms. The van der Waals surface area contributed by atoms with Gasteiger partial charge in [-0.3, -0.25) is 9.88 Å². The van der Waals surface area contributed by atoms with E-state index in [4.69, 9.17) is 0 Å². The fourth-order valence-corrected chi connectivity index (χ4v) is 3.57. The Morgan fingerprint density at radius 1 is 1.21 bits per heavy atom. The van der Waals surface area contributed by atoms with Crippen molar-refractivity contribution in [1.29, 1.82) is 0 Å². The van der Waals surface area contributed by atoms with Crippen LogP contribution in [0.15, 0.2) is 18.3 Å². The third kappa shape index (κ3) is 2.98. The van der Waals surface area contributed by atoms with Crippen molar-refractivity contribution in [2.45, 2.75) is 38.8 Å². The molecular weight excluding hydrogens is 234 g/mol. The maximum Gasteiger partial charge on any atom is 0.0544 e. The van der Waals surface area contributed by atoms with Gasteiger partial charge in [0, 0.05) is 38.4 Å². The molecule has 0 aliphatic carbocycles. The number of hydrogen-bond acceptors (Lipinski definition) is 3. The second-order valence-corrected chi connectivity index (χ2v) is 6.26. The molecule has 104 valence electrons. The van der Waals surface area contributed by atoms with Crippen LogP contribution in [0.1, 0.15) is 31.0 Å². The summed E-state index contributed by atoms with van der Waals surface area (Å²) in [6, 6.07) is 5.17. The van der Waals surface area contributed by atoms with Crippen LogP contribution >= 0.6 is 0 Å². The van der Waals surface area contributed by atoms with Crippen molar-refractivity contribution in [3.63, 3.8) is 0 Å². The van der Waals surface area contributed by atoms with E-state index in [1.165, 1.54) is 43.7 Å². The predicted molar refractivity (Wildman–Crippen MR) is 78.0 cm³/mol. The van der Waals surface area contributed by atoms with E-state index in [9.17, 15) is 0 Å². The first-order chi connectivity index (χ1) is 9.24. The van der Waals surface area contributed by atoms with E-state index in [0.717, 1.165) is 24.9 Å². The van der Waals surface area contributed by atoms with Gasteiger partial charge in [-0.25, -0.2) is 0 Å². The predicted octanol–water partition coefficient (Wildman–Crippen LogP) is 2.17. The number of hydrogen-bond donors (Lipinski definition) is 0. The Kier molecular flexibility index (Phi) is 3.85. The number of pyridine rings is 1. The Bertz CT molecular complexity index is 415. The minimum absolute atomic E-state index is 0.733. The molecule has 0 spiro atoms. The van der Waals surface area contributed by atoms with Crippen LogP contribution in [0.2, 0.25) is 0 Å². The fourth-order valence-electron chi connectivity index (χ4n) is 3.57. The van der Waals surface area contributed by atoms with Crippen LogP contribution in [0, 0.1) is 5.92 Å². The maximum absolute atomic E-state index is 4.62. The van der Waals surface area contributed by atoms with Gasteiger partial charge in [0.15, 0.2) is 0 Å². The quantitative estimate of drug-likeness (QED) is 0.829. The van der Waals surface area contributed by atoms with Gasteiger partial charge in [0.1, 0.15) is 0 Å². The molecule has 19 heavy (non-hydrogen) atoms. The summed E-state index contributed by atoms with van der Waals surface area (Å²) in [6.45, 7) is 6.96. The first-order valence-corrected chi connectivity index (χ1v) is 7.61. The van der Waals surface area contributed by atoms with Gasteiger partial charge in [0.2, 0.25) is 0 Å². The fraction of sp³-hybridized carbons (Fsp3) is 0.688. The standard InChI is InChI=1S/C16H25N3/c1-3-13-4-6-15(17-8-13)11-19-10-14-5-7-16(19)12-18(2)9-14/h4,6,8,14,16H,3,5,7,9-12H2,1-2H3/t14-,16+/m1/s1. The van der Waals surface area contributed by atoms with Crippen LogP contribution in [0.25, 0.3) is 0 Å². The number of rotatable bonds is 3. The summed E-state index contributed by atoms with van der Waals surface area (Å²) in [5.74, 6) is 0.860. The average Bonchev–Trinajstić information content (AvgIpc) is 2.68. The van der Waals surface area contributed by atoms with Crippen molar-refractivity contribution in [3.05, 3.63) is 29.6 Å². The Balaban J connectivity index is 1.68. The molecule has 0 amide bonds. The molecule has 2 bridgehead atoms. The number of piperidine rings is 1. The molecule has 1 aromatic heterocycles. The first kappa shape index (κ1) is 13.1. The topological polar surface area (TPSA) is 19.4 Å². The Morgan fingerprint density at radius 2 is 2.11 bits per heavy atom. The monoisotopic (exact) mass is 259 g/mol. The largest absolute Gasteiger partial charge is 0.304 e. The Labute approximate surface area is 116 Å². The van der Waals surface area contributed by atoms with E-state index in [2.05, 4.69) is 40.9 Å². The lowest BCUT2D eigenvalue weighted by atomic mass is 9.95. The molecule has 3 fully saturated rings. The van der Waals surface area contributed by atoms with Gasteiger partial charge in [-0.05, 0) is 43.9 Å². The highest BCUT2D eigenvalue weighted by atomic mass is 15.2. The van der Waals surface area contributed by atoms with E-state index in [0.29, 0.717) is 0 Å². The highest BCUT2D eigenvalue weighted by Crippen LogP contribution is 2.28. The number of aromatic nitrogens is 1. The van der Waals surface area contributed by atoms with Crippen LogP contribution < -0.4 is 0 Å². The van der Waals surface area contributed by atoms with E-state index in [-0.39, 0.29) is 0 Å². The zero-order valence-corrected chi connectivity index (χ0v) is 12.2. The molecule has 0 radical (unpaired) electrons. The van der Waals surface area contributed by atoms with Crippen molar-refractivity contribution in [1.82, 2.24) is 14.8 Å². The summed E-state index contributed by atoms with van der Waals surface area (Å²) < 4.78 is 0. The molecule has 1 aromatic rings. The molecule has 3 saturated heterocycles. The van der Waals surface area contributed by atoms with Crippen molar-refractivity contribution < 1.29 is 0 Å². The normalized spacial score (nSPS) is 28.5. The molecule has 0 aromatic carbocycles. The van der Waals surface area contributed by atoms with Crippen LogP contribution in [0.3, 0.4) is 0 Å².